The number of nitrogens with zero attached hydrogens (tertiary/aromatic N) is 1. The molecule has 0 radical (unpaired) electrons. The zero-order valence-corrected chi connectivity index (χ0v) is 14.0. The van der Waals surface area contributed by atoms with E-state index in [1.165, 1.54) is 16.2 Å². The SMILES string of the molecule is O=C(NCCCN1CCOCC1)c1cc(-c2cccs2)cs1. The zero-order chi connectivity index (χ0) is 15.2. The molecule has 1 N–H and O–H groups in total. The number of thiophene rings is 2. The fourth-order valence-corrected chi connectivity index (χ4v) is 4.06. The van der Waals surface area contributed by atoms with Gasteiger partial charge in [-0.25, -0.2) is 0 Å². The highest BCUT2D eigenvalue weighted by molar-refractivity contribution is 7.15. The first kappa shape index (κ1) is 15.7. The number of nitrogens with one attached hydrogen (secondary N) is 1. The van der Waals surface area contributed by atoms with Gasteiger partial charge in [0.25, 0.3) is 5.91 Å². The van der Waals surface area contributed by atoms with Gasteiger partial charge in [-0.15, -0.1) is 22.7 Å². The van der Waals surface area contributed by atoms with E-state index >= 15 is 0 Å². The molecule has 2 aromatic rings. The molecule has 1 saturated heterocycles. The Hall–Kier alpha value is -1.21. The summed E-state index contributed by atoms with van der Waals surface area (Å²) >= 11 is 3.21. The average molecular weight is 336 g/mol. The lowest BCUT2D eigenvalue weighted by molar-refractivity contribution is 0.0374. The minimum atomic E-state index is 0.0368. The maximum absolute atomic E-state index is 12.1. The summed E-state index contributed by atoms with van der Waals surface area (Å²) in [5, 5.41) is 7.12. The van der Waals surface area contributed by atoms with E-state index in [2.05, 4.69) is 27.0 Å². The molecule has 0 bridgehead atoms. The van der Waals surface area contributed by atoms with Crippen molar-refractivity contribution in [3.8, 4) is 10.4 Å². The monoisotopic (exact) mass is 336 g/mol. The highest BCUT2D eigenvalue weighted by Gasteiger charge is 2.12. The summed E-state index contributed by atoms with van der Waals surface area (Å²) in [5.41, 5.74) is 1.14. The second kappa shape index (κ2) is 7.87. The summed E-state index contributed by atoms with van der Waals surface area (Å²) in [5.74, 6) is 0.0368. The second-order valence-corrected chi connectivity index (χ2v) is 7.10. The van der Waals surface area contributed by atoms with Crippen molar-refractivity contribution in [3.63, 3.8) is 0 Å². The lowest BCUT2D eigenvalue weighted by atomic mass is 10.2. The van der Waals surface area contributed by atoms with Crippen LogP contribution in [0.4, 0.5) is 0 Å². The minimum Gasteiger partial charge on any atom is -0.379 e. The molecule has 4 nitrogen and oxygen atoms in total. The molecule has 0 spiro atoms. The highest BCUT2D eigenvalue weighted by atomic mass is 32.1. The van der Waals surface area contributed by atoms with Gasteiger partial charge in [0.2, 0.25) is 0 Å². The predicted molar refractivity (Wildman–Crippen MR) is 91.8 cm³/mol. The van der Waals surface area contributed by atoms with Crippen LogP contribution in [0.3, 0.4) is 0 Å². The van der Waals surface area contributed by atoms with Crippen LogP contribution < -0.4 is 5.32 Å². The number of ether oxygens (including phenoxy) is 1. The molecule has 1 amide bonds. The van der Waals surface area contributed by atoms with Crippen LogP contribution in [0.5, 0.6) is 0 Å². The van der Waals surface area contributed by atoms with E-state index in [9.17, 15) is 4.79 Å². The Labute approximate surface area is 138 Å². The Morgan fingerprint density at radius 1 is 1.32 bits per heavy atom. The number of amides is 1. The molecule has 1 fully saturated rings. The Balaban J connectivity index is 1.42. The van der Waals surface area contributed by atoms with E-state index in [0.29, 0.717) is 0 Å². The smallest absolute Gasteiger partial charge is 0.261 e. The topological polar surface area (TPSA) is 41.6 Å². The first-order valence-corrected chi connectivity index (χ1v) is 9.29. The Morgan fingerprint density at radius 3 is 2.95 bits per heavy atom. The molecule has 2 aromatic heterocycles. The van der Waals surface area contributed by atoms with Gasteiger partial charge in [-0.3, -0.25) is 9.69 Å². The van der Waals surface area contributed by atoms with Crippen LogP contribution in [0.1, 0.15) is 16.1 Å². The molecular weight excluding hydrogens is 316 g/mol. The number of morpholine rings is 1. The van der Waals surface area contributed by atoms with Gasteiger partial charge in [0, 0.05) is 35.5 Å². The van der Waals surface area contributed by atoms with E-state index in [1.54, 1.807) is 11.3 Å². The number of carbonyl (C=O) groups is 1. The van der Waals surface area contributed by atoms with Crippen LogP contribution in [-0.2, 0) is 4.74 Å². The van der Waals surface area contributed by atoms with Gasteiger partial charge in [-0.2, -0.15) is 0 Å². The first-order valence-electron chi connectivity index (χ1n) is 7.53. The maximum Gasteiger partial charge on any atom is 0.261 e. The van der Waals surface area contributed by atoms with Crippen LogP contribution in [0.15, 0.2) is 29.0 Å². The van der Waals surface area contributed by atoms with E-state index < -0.39 is 0 Å². The third-order valence-electron chi connectivity index (χ3n) is 3.67. The van der Waals surface area contributed by atoms with Gasteiger partial charge in [-0.1, -0.05) is 6.07 Å². The summed E-state index contributed by atoms with van der Waals surface area (Å²) in [4.78, 5) is 16.5. The number of carbonyl (C=O) groups excluding carboxylic acids is 1. The molecule has 3 heterocycles. The first-order chi connectivity index (χ1) is 10.8. The van der Waals surface area contributed by atoms with Crippen molar-refractivity contribution >= 4 is 28.6 Å². The van der Waals surface area contributed by atoms with Gasteiger partial charge in [-0.05, 0) is 30.5 Å². The largest absolute Gasteiger partial charge is 0.379 e. The van der Waals surface area contributed by atoms with Crippen molar-refractivity contribution in [3.05, 3.63) is 33.8 Å². The molecule has 0 aromatic carbocycles. The van der Waals surface area contributed by atoms with E-state index in [0.717, 1.165) is 56.3 Å². The summed E-state index contributed by atoms with van der Waals surface area (Å²) in [6.07, 6.45) is 0.981. The Kier molecular flexibility index (Phi) is 5.61. The zero-order valence-electron chi connectivity index (χ0n) is 12.4. The third-order valence-corrected chi connectivity index (χ3v) is 5.52. The van der Waals surface area contributed by atoms with Crippen LogP contribution in [0.2, 0.25) is 0 Å². The summed E-state index contributed by atoms with van der Waals surface area (Å²) < 4.78 is 5.33. The van der Waals surface area contributed by atoms with E-state index in [1.807, 2.05) is 12.1 Å². The summed E-state index contributed by atoms with van der Waals surface area (Å²) in [6, 6.07) is 6.09. The molecule has 118 valence electrons. The van der Waals surface area contributed by atoms with E-state index in [-0.39, 0.29) is 5.91 Å². The van der Waals surface area contributed by atoms with Crippen molar-refractivity contribution in [1.82, 2.24) is 10.2 Å². The molecule has 3 rings (SSSR count). The van der Waals surface area contributed by atoms with Crippen molar-refractivity contribution in [1.29, 1.82) is 0 Å². The third kappa shape index (κ3) is 4.16. The van der Waals surface area contributed by atoms with Crippen LogP contribution >= 0.6 is 22.7 Å². The van der Waals surface area contributed by atoms with Crippen LogP contribution in [-0.4, -0.2) is 50.2 Å². The molecule has 0 saturated carbocycles. The molecule has 1 aliphatic rings. The molecule has 0 atom stereocenters. The number of hydrogen-bond donors (Lipinski definition) is 1. The normalized spacial score (nSPS) is 15.8. The Morgan fingerprint density at radius 2 is 2.18 bits per heavy atom. The van der Waals surface area contributed by atoms with Crippen molar-refractivity contribution in [2.75, 3.05) is 39.4 Å². The van der Waals surface area contributed by atoms with Gasteiger partial charge < -0.3 is 10.1 Å². The number of hydrogen-bond acceptors (Lipinski definition) is 5. The molecule has 22 heavy (non-hydrogen) atoms. The van der Waals surface area contributed by atoms with Gasteiger partial charge in [0.05, 0.1) is 18.1 Å². The molecule has 0 unspecified atom stereocenters. The quantitative estimate of drug-likeness (QED) is 0.825. The average Bonchev–Trinajstić information content (AvgIpc) is 3.22. The molecule has 0 aliphatic carbocycles. The van der Waals surface area contributed by atoms with Gasteiger partial charge in [0.1, 0.15) is 0 Å². The standard InChI is InChI=1S/C16H20N2O2S2/c19-16(17-4-2-5-18-6-8-20-9-7-18)15-11-13(12-22-15)14-3-1-10-21-14/h1,3,10-12H,2,4-9H2,(H,17,19). The fraction of sp³-hybridized carbons (Fsp3) is 0.438. The van der Waals surface area contributed by atoms with Crippen molar-refractivity contribution in [2.45, 2.75) is 6.42 Å². The molecular formula is C16H20N2O2S2. The molecule has 1 aliphatic heterocycles. The summed E-state index contributed by atoms with van der Waals surface area (Å²) in [6.45, 7) is 5.41. The van der Waals surface area contributed by atoms with Gasteiger partial charge >= 0.3 is 0 Å². The highest BCUT2D eigenvalue weighted by Crippen LogP contribution is 2.29. The Bertz CT molecular complexity index is 589. The van der Waals surface area contributed by atoms with Crippen molar-refractivity contribution < 1.29 is 9.53 Å². The second-order valence-electron chi connectivity index (χ2n) is 5.24. The number of rotatable bonds is 6. The van der Waals surface area contributed by atoms with E-state index in [4.69, 9.17) is 4.74 Å². The van der Waals surface area contributed by atoms with Gasteiger partial charge in [0.15, 0.2) is 0 Å². The molecule has 6 heteroatoms. The van der Waals surface area contributed by atoms with Crippen LogP contribution in [0.25, 0.3) is 10.4 Å². The lowest BCUT2D eigenvalue weighted by Crippen LogP contribution is -2.38. The van der Waals surface area contributed by atoms with Crippen molar-refractivity contribution in [2.24, 2.45) is 0 Å². The lowest BCUT2D eigenvalue weighted by Gasteiger charge is -2.26. The fourth-order valence-electron chi connectivity index (χ4n) is 2.44. The maximum atomic E-state index is 12.1. The predicted octanol–water partition coefficient (Wildman–Crippen LogP) is 2.93. The van der Waals surface area contributed by atoms with Crippen LogP contribution in [0, 0.1) is 0 Å². The summed E-state index contributed by atoms with van der Waals surface area (Å²) in [7, 11) is 0. The minimum absolute atomic E-state index is 0.0368.